The van der Waals surface area contributed by atoms with E-state index in [1.165, 1.54) is 0 Å². The Morgan fingerprint density at radius 1 is 0.963 bits per heavy atom. The summed E-state index contributed by atoms with van der Waals surface area (Å²) in [5.74, 6) is 1.25. The van der Waals surface area contributed by atoms with E-state index < -0.39 is 0 Å². The summed E-state index contributed by atoms with van der Waals surface area (Å²) in [6.45, 7) is 3.82. The van der Waals surface area contributed by atoms with E-state index in [1.54, 1.807) is 11.3 Å². The van der Waals surface area contributed by atoms with Gasteiger partial charge in [0.1, 0.15) is 10.8 Å². The van der Waals surface area contributed by atoms with Crippen molar-refractivity contribution in [1.82, 2.24) is 20.2 Å². The summed E-state index contributed by atoms with van der Waals surface area (Å²) in [4.78, 5) is 21.2. The maximum Gasteiger partial charge on any atom is 0.255 e. The number of rotatable bonds is 4. The fraction of sp³-hybridized carbons (Fsp3) is 0.100. The third-order valence-corrected chi connectivity index (χ3v) is 5.02. The third-order valence-electron chi connectivity index (χ3n) is 4.01. The van der Waals surface area contributed by atoms with Gasteiger partial charge in [-0.1, -0.05) is 12.1 Å². The van der Waals surface area contributed by atoms with Crippen molar-refractivity contribution in [2.75, 3.05) is 5.32 Å². The molecule has 1 amide bonds. The molecule has 0 unspecified atom stereocenters. The van der Waals surface area contributed by atoms with Gasteiger partial charge in [0.2, 0.25) is 0 Å². The molecule has 2 aromatic carbocycles. The molecule has 2 heterocycles. The van der Waals surface area contributed by atoms with Crippen LogP contribution in [0.15, 0.2) is 53.9 Å². The first kappa shape index (κ1) is 17.1. The summed E-state index contributed by atoms with van der Waals surface area (Å²) in [5.41, 5.74) is 4.22. The van der Waals surface area contributed by atoms with E-state index in [-0.39, 0.29) is 5.91 Å². The minimum atomic E-state index is -0.154. The molecule has 2 aromatic heterocycles. The number of aryl methyl sites for hydroxylation is 2. The van der Waals surface area contributed by atoms with Crippen LogP contribution in [0, 0.1) is 13.8 Å². The first-order valence-electron chi connectivity index (χ1n) is 8.42. The van der Waals surface area contributed by atoms with Gasteiger partial charge in [-0.3, -0.25) is 9.89 Å². The number of nitrogens with zero attached hydrogens (tertiary/aromatic N) is 3. The fourth-order valence-corrected chi connectivity index (χ4v) is 3.43. The number of nitrogens with one attached hydrogen (secondary N) is 2. The molecule has 7 heteroatoms. The highest BCUT2D eigenvalue weighted by Gasteiger charge is 2.09. The lowest BCUT2D eigenvalue weighted by Gasteiger charge is -2.06. The van der Waals surface area contributed by atoms with E-state index in [1.807, 2.05) is 67.8 Å². The Hall–Kier alpha value is -3.32. The van der Waals surface area contributed by atoms with Gasteiger partial charge in [0, 0.05) is 33.5 Å². The lowest BCUT2D eigenvalue weighted by atomic mass is 10.1. The number of aromatic amines is 1. The summed E-state index contributed by atoms with van der Waals surface area (Å²) in [6, 6.07) is 14.9. The van der Waals surface area contributed by atoms with Crippen molar-refractivity contribution < 1.29 is 4.79 Å². The molecule has 27 heavy (non-hydrogen) atoms. The average Bonchev–Trinajstić information content (AvgIpc) is 3.31. The SMILES string of the molecule is Cc1csc(-c2ccc(C(=O)Nc3ccc(-c4n[nH]c(C)n4)cc3)cc2)n1. The monoisotopic (exact) mass is 375 g/mol. The molecule has 0 saturated carbocycles. The quantitative estimate of drug-likeness (QED) is 0.551. The van der Waals surface area contributed by atoms with Gasteiger partial charge in [0.15, 0.2) is 5.82 Å². The van der Waals surface area contributed by atoms with Gasteiger partial charge < -0.3 is 5.32 Å². The molecule has 4 aromatic rings. The second-order valence-electron chi connectivity index (χ2n) is 6.15. The molecule has 0 aliphatic heterocycles. The molecule has 0 spiro atoms. The van der Waals surface area contributed by atoms with Gasteiger partial charge >= 0.3 is 0 Å². The zero-order valence-corrected chi connectivity index (χ0v) is 15.7. The van der Waals surface area contributed by atoms with Crippen molar-refractivity contribution >= 4 is 22.9 Å². The predicted octanol–water partition coefficient (Wildman–Crippen LogP) is 4.46. The number of hydrogen-bond acceptors (Lipinski definition) is 5. The van der Waals surface area contributed by atoms with E-state index in [0.717, 1.165) is 33.3 Å². The van der Waals surface area contributed by atoms with Crippen molar-refractivity contribution in [1.29, 1.82) is 0 Å². The van der Waals surface area contributed by atoms with E-state index in [4.69, 9.17) is 0 Å². The molecule has 0 aliphatic carbocycles. The van der Waals surface area contributed by atoms with Gasteiger partial charge in [-0.2, -0.15) is 5.10 Å². The number of carbonyl (C=O) groups is 1. The highest BCUT2D eigenvalue weighted by atomic mass is 32.1. The van der Waals surface area contributed by atoms with Crippen LogP contribution in [0.3, 0.4) is 0 Å². The van der Waals surface area contributed by atoms with Crippen LogP contribution in [0.1, 0.15) is 21.9 Å². The number of carbonyl (C=O) groups excluding carboxylic acids is 1. The van der Waals surface area contributed by atoms with E-state index in [9.17, 15) is 4.79 Å². The lowest BCUT2D eigenvalue weighted by molar-refractivity contribution is 0.102. The van der Waals surface area contributed by atoms with E-state index in [2.05, 4.69) is 25.5 Å². The molecule has 0 atom stereocenters. The Kier molecular flexibility index (Phi) is 4.52. The highest BCUT2D eigenvalue weighted by Crippen LogP contribution is 2.24. The largest absolute Gasteiger partial charge is 0.322 e. The van der Waals surface area contributed by atoms with Gasteiger partial charge in [0.05, 0.1) is 0 Å². The van der Waals surface area contributed by atoms with Crippen LogP contribution in [0.4, 0.5) is 5.69 Å². The maximum atomic E-state index is 12.5. The van der Waals surface area contributed by atoms with Crippen LogP contribution in [-0.4, -0.2) is 26.1 Å². The maximum absolute atomic E-state index is 12.5. The highest BCUT2D eigenvalue weighted by molar-refractivity contribution is 7.13. The van der Waals surface area contributed by atoms with Crippen molar-refractivity contribution in [3.05, 3.63) is 71.0 Å². The van der Waals surface area contributed by atoms with Crippen LogP contribution in [0.5, 0.6) is 0 Å². The number of anilines is 1. The van der Waals surface area contributed by atoms with Crippen LogP contribution in [0.2, 0.25) is 0 Å². The van der Waals surface area contributed by atoms with Gasteiger partial charge in [-0.15, -0.1) is 11.3 Å². The number of aromatic nitrogens is 4. The van der Waals surface area contributed by atoms with Gasteiger partial charge in [-0.05, 0) is 50.2 Å². The Morgan fingerprint density at radius 3 is 2.26 bits per heavy atom. The molecule has 0 aliphatic rings. The minimum absolute atomic E-state index is 0.154. The molecule has 0 radical (unpaired) electrons. The first-order chi connectivity index (χ1) is 13.1. The molecule has 2 N–H and O–H groups in total. The number of hydrogen-bond donors (Lipinski definition) is 2. The standard InChI is InChI=1S/C20H17N5OS/c1-12-11-27-20(21-12)16-5-3-15(4-6-16)19(26)23-17-9-7-14(8-10-17)18-22-13(2)24-25-18/h3-11H,1-2H3,(H,23,26)(H,22,24,25). The number of amides is 1. The van der Waals surface area contributed by atoms with Crippen LogP contribution >= 0.6 is 11.3 Å². The van der Waals surface area contributed by atoms with Crippen LogP contribution < -0.4 is 5.32 Å². The second kappa shape index (κ2) is 7.13. The summed E-state index contributed by atoms with van der Waals surface area (Å²) >= 11 is 1.60. The third kappa shape index (κ3) is 3.78. The molecule has 0 bridgehead atoms. The van der Waals surface area contributed by atoms with Crippen molar-refractivity contribution in [3.63, 3.8) is 0 Å². The van der Waals surface area contributed by atoms with Crippen molar-refractivity contribution in [2.45, 2.75) is 13.8 Å². The van der Waals surface area contributed by atoms with Gasteiger partial charge in [-0.25, -0.2) is 9.97 Å². The number of H-pyrrole nitrogens is 1. The molecule has 6 nitrogen and oxygen atoms in total. The molecule has 4 rings (SSSR count). The predicted molar refractivity (Wildman–Crippen MR) is 107 cm³/mol. The Balaban J connectivity index is 1.45. The van der Waals surface area contributed by atoms with Gasteiger partial charge in [0.25, 0.3) is 5.91 Å². The minimum Gasteiger partial charge on any atom is -0.322 e. The lowest BCUT2D eigenvalue weighted by Crippen LogP contribution is -2.11. The first-order valence-corrected chi connectivity index (χ1v) is 9.30. The van der Waals surface area contributed by atoms with Crippen LogP contribution in [0.25, 0.3) is 22.0 Å². The topological polar surface area (TPSA) is 83.6 Å². The Bertz CT molecular complexity index is 1080. The molecular formula is C20H17N5OS. The summed E-state index contributed by atoms with van der Waals surface area (Å²) in [6.07, 6.45) is 0. The van der Waals surface area contributed by atoms with E-state index >= 15 is 0 Å². The second-order valence-corrected chi connectivity index (χ2v) is 7.01. The molecule has 134 valence electrons. The normalized spacial score (nSPS) is 10.7. The zero-order chi connectivity index (χ0) is 18.8. The summed E-state index contributed by atoms with van der Waals surface area (Å²) in [5, 5.41) is 12.8. The molecule has 0 fully saturated rings. The average molecular weight is 375 g/mol. The smallest absolute Gasteiger partial charge is 0.255 e. The van der Waals surface area contributed by atoms with E-state index in [0.29, 0.717) is 11.4 Å². The number of benzene rings is 2. The Labute approximate surface area is 160 Å². The molecule has 0 saturated heterocycles. The van der Waals surface area contributed by atoms with Crippen LogP contribution in [-0.2, 0) is 0 Å². The molecular weight excluding hydrogens is 358 g/mol. The van der Waals surface area contributed by atoms with Crippen molar-refractivity contribution in [3.8, 4) is 22.0 Å². The Morgan fingerprint density at radius 2 is 1.67 bits per heavy atom. The summed E-state index contributed by atoms with van der Waals surface area (Å²) in [7, 11) is 0. The van der Waals surface area contributed by atoms with Crippen molar-refractivity contribution in [2.24, 2.45) is 0 Å². The fourth-order valence-electron chi connectivity index (χ4n) is 2.63. The number of thiazole rings is 1. The summed E-state index contributed by atoms with van der Waals surface area (Å²) < 4.78 is 0. The zero-order valence-electron chi connectivity index (χ0n) is 14.9.